The quantitative estimate of drug-likeness (QED) is 0.470. The van der Waals surface area contributed by atoms with Crippen LogP contribution in [0.25, 0.3) is 0 Å². The Morgan fingerprint density at radius 1 is 0.867 bits per heavy atom. The molecule has 70 valence electrons. The smallest absolute Gasteiger partial charge is 0.907 e. The molecule has 0 fully saturated rings. The molecule has 2 N–H and O–H groups in total. The summed E-state index contributed by atoms with van der Waals surface area (Å²) in [7, 11) is -2.92. The molecule has 0 saturated carbocycles. The number of carbonyl (C=O) groups is 2. The summed E-state index contributed by atoms with van der Waals surface area (Å²) in [5, 5.41) is 41.0. The molecule has 0 aromatic heterocycles. The largest absolute Gasteiger partial charge is 1.00 e. The van der Waals surface area contributed by atoms with Crippen molar-refractivity contribution in [2.75, 3.05) is 0 Å². The van der Waals surface area contributed by atoms with Crippen LogP contribution in [0.15, 0.2) is 0 Å². The molecule has 0 aromatic rings. The van der Waals surface area contributed by atoms with E-state index < -0.39 is 19.3 Å². The summed E-state index contributed by atoms with van der Waals surface area (Å²) >= 11 is 0. The van der Waals surface area contributed by atoms with Gasteiger partial charge in [-0.15, -0.1) is 0 Å². The van der Waals surface area contributed by atoms with Gasteiger partial charge >= 0.3 is 101 Å². The minimum atomic E-state index is -2.92. The second-order valence-corrected chi connectivity index (χ2v) is 1.58. The van der Waals surface area contributed by atoms with E-state index in [-0.39, 0.29) is 102 Å². The Morgan fingerprint density at radius 3 is 1.07 bits per heavy atom. The van der Waals surface area contributed by atoms with E-state index in [1.165, 1.54) is 0 Å². The van der Waals surface area contributed by atoms with Crippen molar-refractivity contribution in [2.45, 2.75) is 12.8 Å². The van der Waals surface area contributed by atoms with Gasteiger partial charge in [0.05, 0.1) is 12.8 Å². The van der Waals surface area contributed by atoms with Crippen molar-refractivity contribution >= 4 is 19.3 Å². The first kappa shape index (κ1) is 30.2. The molecular formula is C4H6BNa3O7. The van der Waals surface area contributed by atoms with E-state index >= 15 is 0 Å². The van der Waals surface area contributed by atoms with E-state index in [1.807, 2.05) is 0 Å². The van der Waals surface area contributed by atoms with E-state index in [9.17, 15) is 9.59 Å². The first-order chi connectivity index (χ1) is 5.36. The van der Waals surface area contributed by atoms with Crippen LogP contribution in [0.4, 0.5) is 0 Å². The van der Waals surface area contributed by atoms with Crippen LogP contribution in [0.1, 0.15) is 12.8 Å². The first-order valence-corrected chi connectivity index (χ1v) is 2.77. The van der Waals surface area contributed by atoms with Gasteiger partial charge in [-0.3, -0.25) is 16.9 Å². The molecule has 0 heterocycles. The van der Waals surface area contributed by atoms with Gasteiger partial charge < -0.3 is 25.3 Å². The minimum Gasteiger partial charge on any atom is -0.907 e. The van der Waals surface area contributed by atoms with Gasteiger partial charge in [0, 0.05) is 0 Å². The van der Waals surface area contributed by atoms with E-state index in [4.69, 9.17) is 25.3 Å². The van der Waals surface area contributed by atoms with Crippen molar-refractivity contribution in [3.05, 3.63) is 0 Å². The van der Waals surface area contributed by atoms with Crippen molar-refractivity contribution in [1.82, 2.24) is 0 Å². The SMILES string of the molecule is O=C(O)CCC(=O)O.[Na+].[Na+].[Na+].[O-]B([O-])[O-]. The zero-order valence-electron chi connectivity index (χ0n) is 8.93. The fourth-order valence-corrected chi connectivity index (χ4v) is 0.214. The molecule has 0 aliphatic heterocycles. The summed E-state index contributed by atoms with van der Waals surface area (Å²) in [6.07, 6.45) is -0.593. The Hall–Kier alpha value is 1.88. The summed E-state index contributed by atoms with van der Waals surface area (Å²) in [6.45, 7) is 0. The molecule has 0 atom stereocenters. The zero-order chi connectivity index (χ0) is 10.1. The fraction of sp³-hybridized carbons (Fsp3) is 0.500. The second kappa shape index (κ2) is 21.2. The molecular weight excluding hydrogens is 240 g/mol. The number of hydrogen-bond acceptors (Lipinski definition) is 5. The predicted molar refractivity (Wildman–Crippen MR) is 30.3 cm³/mol. The standard InChI is InChI=1S/C4H6O4.BO3.3Na/c5-3(6)1-2-4(7)8;2-1(3)4;;;/h1-2H2,(H,5,6)(H,7,8);;;;/q;-3;3*+1. The molecule has 0 amide bonds. The Labute approximate surface area is 153 Å². The van der Waals surface area contributed by atoms with E-state index in [0.29, 0.717) is 0 Å². The Balaban J connectivity index is -0.0000000424. The van der Waals surface area contributed by atoms with Gasteiger partial charge in [-0.2, -0.15) is 0 Å². The molecule has 0 aliphatic rings. The summed E-state index contributed by atoms with van der Waals surface area (Å²) in [5.41, 5.74) is 0. The maximum atomic E-state index is 9.64. The Bertz CT molecular complexity index is 138. The van der Waals surface area contributed by atoms with Crippen molar-refractivity contribution in [3.63, 3.8) is 0 Å². The Morgan fingerprint density at radius 2 is 1.00 bits per heavy atom. The average molecular weight is 246 g/mol. The van der Waals surface area contributed by atoms with Gasteiger partial charge in [0.15, 0.2) is 0 Å². The van der Waals surface area contributed by atoms with Crippen LogP contribution < -0.4 is 104 Å². The van der Waals surface area contributed by atoms with Crippen LogP contribution in [-0.2, 0) is 9.59 Å². The third-order valence-corrected chi connectivity index (χ3v) is 0.553. The molecule has 0 saturated heterocycles. The first-order valence-electron chi connectivity index (χ1n) is 2.77. The van der Waals surface area contributed by atoms with E-state index in [2.05, 4.69) is 0 Å². The molecule has 0 rings (SSSR count). The van der Waals surface area contributed by atoms with Crippen molar-refractivity contribution in [2.24, 2.45) is 0 Å². The third kappa shape index (κ3) is 64.6. The summed E-state index contributed by atoms with van der Waals surface area (Å²) in [6, 6.07) is 0. The van der Waals surface area contributed by atoms with Gasteiger partial charge in [-0.25, -0.2) is 0 Å². The topological polar surface area (TPSA) is 144 Å². The van der Waals surface area contributed by atoms with Crippen LogP contribution in [0.5, 0.6) is 0 Å². The molecule has 11 heteroatoms. The van der Waals surface area contributed by atoms with Crippen molar-refractivity contribution < 1.29 is 124 Å². The second-order valence-electron chi connectivity index (χ2n) is 1.58. The molecule has 7 nitrogen and oxygen atoms in total. The predicted octanol–water partition coefficient (Wildman–Crippen LogP) is -13.0. The number of rotatable bonds is 3. The normalized spacial score (nSPS) is 6.33. The van der Waals surface area contributed by atoms with Crippen molar-refractivity contribution in [1.29, 1.82) is 0 Å². The van der Waals surface area contributed by atoms with Gasteiger partial charge in [-0.05, 0) is 0 Å². The summed E-state index contributed by atoms with van der Waals surface area (Å²) in [4.78, 5) is 19.3. The van der Waals surface area contributed by atoms with E-state index in [0.717, 1.165) is 0 Å². The van der Waals surface area contributed by atoms with Gasteiger partial charge in [0.25, 0.3) is 0 Å². The Kier molecular flexibility index (Phi) is 42.6. The molecule has 0 aliphatic carbocycles. The molecule has 0 aromatic carbocycles. The number of carboxylic acids is 2. The third-order valence-electron chi connectivity index (χ3n) is 0.553. The van der Waals surface area contributed by atoms with Crippen molar-refractivity contribution in [3.8, 4) is 0 Å². The molecule has 0 bridgehead atoms. The van der Waals surface area contributed by atoms with Crippen LogP contribution in [0, 0.1) is 0 Å². The van der Waals surface area contributed by atoms with Gasteiger partial charge in [0.2, 0.25) is 0 Å². The molecule has 0 unspecified atom stereocenters. The number of aliphatic carboxylic acids is 2. The molecule has 15 heavy (non-hydrogen) atoms. The maximum Gasteiger partial charge on any atom is 1.00 e. The van der Waals surface area contributed by atoms with Crippen LogP contribution in [0.3, 0.4) is 0 Å². The van der Waals surface area contributed by atoms with Gasteiger partial charge in [0.1, 0.15) is 0 Å². The maximum absolute atomic E-state index is 9.64. The van der Waals surface area contributed by atoms with Crippen LogP contribution in [-0.4, -0.2) is 29.5 Å². The van der Waals surface area contributed by atoms with Crippen LogP contribution >= 0.6 is 0 Å². The fourth-order valence-electron chi connectivity index (χ4n) is 0.214. The monoisotopic (exact) mass is 246 g/mol. The van der Waals surface area contributed by atoms with Crippen LogP contribution in [0.2, 0.25) is 0 Å². The average Bonchev–Trinajstić information content (AvgIpc) is 1.82. The zero-order valence-corrected chi connectivity index (χ0v) is 14.9. The minimum absolute atomic E-state index is 0. The summed E-state index contributed by atoms with van der Waals surface area (Å²) in [5.74, 6) is -2.15. The molecule has 0 spiro atoms. The van der Waals surface area contributed by atoms with E-state index in [1.54, 1.807) is 0 Å². The molecule has 0 radical (unpaired) electrons. The summed E-state index contributed by atoms with van der Waals surface area (Å²) < 4.78 is 0. The number of hydrogen-bond donors (Lipinski definition) is 2. The number of carboxylic acid groups (broad SMARTS) is 2. The van der Waals surface area contributed by atoms with Gasteiger partial charge in [-0.1, -0.05) is 0 Å².